The second-order valence-corrected chi connectivity index (χ2v) is 4.61. The Morgan fingerprint density at radius 3 is 2.63 bits per heavy atom. The number of nitrogens with zero attached hydrogens (tertiary/aromatic N) is 1. The van der Waals surface area contributed by atoms with E-state index in [1.165, 1.54) is 11.9 Å². The summed E-state index contributed by atoms with van der Waals surface area (Å²) in [4.78, 5) is 24.4. The highest BCUT2D eigenvalue weighted by Crippen LogP contribution is 2.14. The van der Waals surface area contributed by atoms with E-state index < -0.39 is 0 Å². The molecule has 0 saturated carbocycles. The molecule has 1 saturated heterocycles. The Hall–Kier alpha value is -1.88. The molecule has 0 aromatic heterocycles. The number of methoxy groups -OCH3 is 1. The summed E-state index contributed by atoms with van der Waals surface area (Å²) in [6.45, 7) is 0.600. The van der Waals surface area contributed by atoms with Crippen LogP contribution in [-0.4, -0.2) is 36.9 Å². The van der Waals surface area contributed by atoms with Gasteiger partial charge >= 0.3 is 0 Å². The maximum atomic E-state index is 11.9. The standard InChI is InChI=1S/C14H18N2O3/c1-16-13(17)8-7-12(14(16)18)15-9-10-3-5-11(19-2)6-4-10/h3-6,12,15H,7-9H2,1-2H3. The number of likely N-dealkylation sites (tertiary alicyclic amines) is 1. The molecular weight excluding hydrogens is 244 g/mol. The second-order valence-electron chi connectivity index (χ2n) is 4.61. The molecule has 102 valence electrons. The number of likely N-dealkylation sites (N-methyl/N-ethyl adjacent to an activating group) is 1. The van der Waals surface area contributed by atoms with E-state index in [2.05, 4.69) is 5.32 Å². The minimum atomic E-state index is -0.273. The topological polar surface area (TPSA) is 58.6 Å². The minimum absolute atomic E-state index is 0.104. The Labute approximate surface area is 112 Å². The molecule has 1 aromatic carbocycles. The molecule has 1 atom stereocenters. The molecule has 1 aliphatic heterocycles. The van der Waals surface area contributed by atoms with Crippen molar-refractivity contribution >= 4 is 11.8 Å². The summed E-state index contributed by atoms with van der Waals surface area (Å²) in [7, 11) is 3.16. The first-order valence-electron chi connectivity index (χ1n) is 6.28. The number of carbonyl (C=O) groups excluding carboxylic acids is 2. The van der Waals surface area contributed by atoms with E-state index in [1.54, 1.807) is 7.11 Å². The number of nitrogens with one attached hydrogen (secondary N) is 1. The number of piperidine rings is 1. The van der Waals surface area contributed by atoms with Gasteiger partial charge in [-0.3, -0.25) is 14.5 Å². The summed E-state index contributed by atoms with van der Waals surface area (Å²) in [5.41, 5.74) is 1.08. The lowest BCUT2D eigenvalue weighted by molar-refractivity contribution is -0.148. The second kappa shape index (κ2) is 5.84. The van der Waals surface area contributed by atoms with E-state index in [4.69, 9.17) is 4.74 Å². The summed E-state index contributed by atoms with van der Waals surface area (Å²) in [5.74, 6) is 0.556. The molecule has 2 amide bonds. The van der Waals surface area contributed by atoms with E-state index in [1.807, 2.05) is 24.3 Å². The van der Waals surface area contributed by atoms with Gasteiger partial charge in [0.05, 0.1) is 13.2 Å². The minimum Gasteiger partial charge on any atom is -0.497 e. The van der Waals surface area contributed by atoms with Gasteiger partial charge in [0.15, 0.2) is 0 Å². The molecule has 1 aromatic rings. The normalized spacial score (nSPS) is 19.7. The number of amides is 2. The highest BCUT2D eigenvalue weighted by molar-refractivity contribution is 6.00. The van der Waals surface area contributed by atoms with Crippen molar-refractivity contribution in [2.75, 3.05) is 14.2 Å². The van der Waals surface area contributed by atoms with Crippen LogP contribution in [0.2, 0.25) is 0 Å². The van der Waals surface area contributed by atoms with Crippen LogP contribution in [0, 0.1) is 0 Å². The Kier molecular flexibility index (Phi) is 4.16. The van der Waals surface area contributed by atoms with E-state index in [-0.39, 0.29) is 17.9 Å². The van der Waals surface area contributed by atoms with Gasteiger partial charge in [0.25, 0.3) is 0 Å². The molecule has 1 unspecified atom stereocenters. The smallest absolute Gasteiger partial charge is 0.246 e. The van der Waals surface area contributed by atoms with Crippen LogP contribution in [0.3, 0.4) is 0 Å². The van der Waals surface area contributed by atoms with Crippen molar-refractivity contribution in [1.82, 2.24) is 10.2 Å². The van der Waals surface area contributed by atoms with Gasteiger partial charge < -0.3 is 10.1 Å². The van der Waals surface area contributed by atoms with E-state index in [0.717, 1.165) is 11.3 Å². The van der Waals surface area contributed by atoms with Crippen LogP contribution >= 0.6 is 0 Å². The van der Waals surface area contributed by atoms with Gasteiger partial charge in [-0.2, -0.15) is 0 Å². The zero-order chi connectivity index (χ0) is 13.8. The Bertz CT molecular complexity index is 470. The maximum Gasteiger partial charge on any atom is 0.246 e. The van der Waals surface area contributed by atoms with Crippen LogP contribution in [0.1, 0.15) is 18.4 Å². The molecule has 2 rings (SSSR count). The van der Waals surface area contributed by atoms with Gasteiger partial charge in [-0.25, -0.2) is 0 Å². The van der Waals surface area contributed by atoms with Gasteiger partial charge in [0, 0.05) is 20.0 Å². The Balaban J connectivity index is 1.91. The van der Waals surface area contributed by atoms with Gasteiger partial charge in [-0.1, -0.05) is 12.1 Å². The summed E-state index contributed by atoms with van der Waals surface area (Å²) < 4.78 is 5.09. The molecule has 1 aliphatic rings. The molecule has 19 heavy (non-hydrogen) atoms. The SMILES string of the molecule is COc1ccc(CNC2CCC(=O)N(C)C2=O)cc1. The molecule has 1 heterocycles. The number of imide groups is 1. The number of benzene rings is 1. The van der Waals surface area contributed by atoms with Crippen LogP contribution in [-0.2, 0) is 16.1 Å². The van der Waals surface area contributed by atoms with Gasteiger partial charge in [0.1, 0.15) is 5.75 Å². The van der Waals surface area contributed by atoms with Gasteiger partial charge in [0.2, 0.25) is 11.8 Å². The number of hydrogen-bond donors (Lipinski definition) is 1. The summed E-state index contributed by atoms with van der Waals surface area (Å²) >= 11 is 0. The van der Waals surface area contributed by atoms with Crippen molar-refractivity contribution < 1.29 is 14.3 Å². The third kappa shape index (κ3) is 3.12. The molecule has 1 N–H and O–H groups in total. The van der Waals surface area contributed by atoms with Crippen LogP contribution < -0.4 is 10.1 Å². The zero-order valence-electron chi connectivity index (χ0n) is 11.2. The summed E-state index contributed by atoms with van der Waals surface area (Å²) in [6.07, 6.45) is 0.987. The first-order chi connectivity index (χ1) is 9.11. The van der Waals surface area contributed by atoms with Crippen molar-refractivity contribution in [1.29, 1.82) is 0 Å². The summed E-state index contributed by atoms with van der Waals surface area (Å²) in [6, 6.07) is 7.40. The fourth-order valence-electron chi connectivity index (χ4n) is 2.09. The van der Waals surface area contributed by atoms with Gasteiger partial charge in [-0.15, -0.1) is 0 Å². The largest absolute Gasteiger partial charge is 0.497 e. The highest BCUT2D eigenvalue weighted by atomic mass is 16.5. The highest BCUT2D eigenvalue weighted by Gasteiger charge is 2.31. The average Bonchev–Trinajstić information content (AvgIpc) is 2.45. The number of carbonyl (C=O) groups is 2. The molecule has 0 aliphatic carbocycles. The molecule has 0 bridgehead atoms. The predicted octanol–water partition coefficient (Wildman–Crippen LogP) is 0.932. The van der Waals surface area contributed by atoms with Crippen molar-refractivity contribution in [3.8, 4) is 5.75 Å². The fourth-order valence-corrected chi connectivity index (χ4v) is 2.09. The summed E-state index contributed by atoms with van der Waals surface area (Å²) in [5, 5.41) is 3.19. The molecule has 0 spiro atoms. The van der Waals surface area contributed by atoms with Crippen molar-refractivity contribution in [3.05, 3.63) is 29.8 Å². The Morgan fingerprint density at radius 2 is 2.00 bits per heavy atom. The molecule has 5 nitrogen and oxygen atoms in total. The number of rotatable bonds is 4. The lowest BCUT2D eigenvalue weighted by Gasteiger charge is -2.28. The lowest BCUT2D eigenvalue weighted by atomic mass is 10.0. The maximum absolute atomic E-state index is 11.9. The monoisotopic (exact) mass is 262 g/mol. The molecule has 1 fully saturated rings. The van der Waals surface area contributed by atoms with Crippen LogP contribution in [0.25, 0.3) is 0 Å². The number of ether oxygens (including phenoxy) is 1. The predicted molar refractivity (Wildman–Crippen MR) is 70.6 cm³/mol. The zero-order valence-corrected chi connectivity index (χ0v) is 11.2. The Morgan fingerprint density at radius 1 is 1.32 bits per heavy atom. The van der Waals surface area contributed by atoms with E-state index in [9.17, 15) is 9.59 Å². The average molecular weight is 262 g/mol. The lowest BCUT2D eigenvalue weighted by Crippen LogP contribution is -2.51. The van der Waals surface area contributed by atoms with Crippen molar-refractivity contribution in [2.24, 2.45) is 0 Å². The third-order valence-corrected chi connectivity index (χ3v) is 3.36. The molecule has 5 heteroatoms. The van der Waals surface area contributed by atoms with Gasteiger partial charge in [-0.05, 0) is 24.1 Å². The van der Waals surface area contributed by atoms with Crippen LogP contribution in [0.15, 0.2) is 24.3 Å². The van der Waals surface area contributed by atoms with Crippen LogP contribution in [0.5, 0.6) is 5.75 Å². The van der Waals surface area contributed by atoms with E-state index >= 15 is 0 Å². The fraction of sp³-hybridized carbons (Fsp3) is 0.429. The first-order valence-corrected chi connectivity index (χ1v) is 6.28. The van der Waals surface area contributed by atoms with Crippen molar-refractivity contribution in [3.63, 3.8) is 0 Å². The van der Waals surface area contributed by atoms with Crippen molar-refractivity contribution in [2.45, 2.75) is 25.4 Å². The van der Waals surface area contributed by atoms with E-state index in [0.29, 0.717) is 19.4 Å². The molecule has 0 radical (unpaired) electrons. The third-order valence-electron chi connectivity index (χ3n) is 3.36. The quantitative estimate of drug-likeness (QED) is 0.820. The molecular formula is C14H18N2O3. The number of hydrogen-bond acceptors (Lipinski definition) is 4. The van der Waals surface area contributed by atoms with Crippen LogP contribution in [0.4, 0.5) is 0 Å². The first kappa shape index (κ1) is 13.5.